The van der Waals surface area contributed by atoms with E-state index in [-0.39, 0.29) is 23.6 Å². The molecule has 0 bridgehead atoms. The third kappa shape index (κ3) is 2.31. The molecular formula is C15H18N4O2. The molecule has 6 nitrogen and oxygen atoms in total. The van der Waals surface area contributed by atoms with Crippen LogP contribution in [0.15, 0.2) is 29.1 Å². The van der Waals surface area contributed by atoms with Gasteiger partial charge in [-0.05, 0) is 19.9 Å². The summed E-state index contributed by atoms with van der Waals surface area (Å²) < 4.78 is 0. The van der Waals surface area contributed by atoms with Gasteiger partial charge in [0.15, 0.2) is 5.69 Å². The van der Waals surface area contributed by atoms with Gasteiger partial charge in [-0.15, -0.1) is 0 Å². The largest absolute Gasteiger partial charge is 0.332 e. The maximum Gasteiger partial charge on any atom is 0.275 e. The molecule has 0 radical (unpaired) electrons. The number of aromatic amines is 1. The molecule has 2 atom stereocenters. The van der Waals surface area contributed by atoms with Crippen LogP contribution in [0.2, 0.25) is 0 Å². The number of nitrogens with zero attached hydrogens (tertiary/aromatic N) is 2. The normalized spacial score (nSPS) is 22.5. The molecule has 1 aromatic heterocycles. The Kier molecular flexibility index (Phi) is 3.47. The number of carbonyl (C=O) groups is 1. The number of hydrogen-bond donors (Lipinski definition) is 2. The van der Waals surface area contributed by atoms with E-state index in [0.717, 1.165) is 6.54 Å². The molecule has 1 saturated heterocycles. The molecule has 2 heterocycles. The molecule has 1 aromatic carbocycles. The van der Waals surface area contributed by atoms with Crippen molar-refractivity contribution in [1.82, 2.24) is 20.4 Å². The Hall–Kier alpha value is -2.21. The summed E-state index contributed by atoms with van der Waals surface area (Å²) in [7, 11) is 0. The van der Waals surface area contributed by atoms with Gasteiger partial charge < -0.3 is 10.2 Å². The van der Waals surface area contributed by atoms with Crippen LogP contribution in [0, 0.1) is 0 Å². The van der Waals surface area contributed by atoms with Crippen LogP contribution in [0.4, 0.5) is 0 Å². The van der Waals surface area contributed by atoms with E-state index >= 15 is 0 Å². The fourth-order valence-electron chi connectivity index (χ4n) is 2.76. The highest BCUT2D eigenvalue weighted by Crippen LogP contribution is 2.17. The minimum atomic E-state index is -0.274. The van der Waals surface area contributed by atoms with Gasteiger partial charge >= 0.3 is 0 Å². The van der Waals surface area contributed by atoms with Crippen LogP contribution in [-0.4, -0.2) is 46.2 Å². The first-order valence-electron chi connectivity index (χ1n) is 7.11. The first kappa shape index (κ1) is 13.8. The average molecular weight is 286 g/mol. The topological polar surface area (TPSA) is 78.1 Å². The molecular weight excluding hydrogens is 268 g/mol. The molecule has 0 saturated carbocycles. The van der Waals surface area contributed by atoms with Gasteiger partial charge in [0.25, 0.3) is 11.5 Å². The molecule has 2 N–H and O–H groups in total. The third-order valence-corrected chi connectivity index (χ3v) is 4.19. The summed E-state index contributed by atoms with van der Waals surface area (Å²) in [5.74, 6) is -0.136. The van der Waals surface area contributed by atoms with E-state index in [2.05, 4.69) is 22.4 Å². The molecule has 1 aliphatic rings. The van der Waals surface area contributed by atoms with E-state index in [0.29, 0.717) is 23.0 Å². The standard InChI is InChI=1S/C15H18N4O2/c1-9-10(2)19(8-7-16-9)15(21)13-11-5-3-4-6-12(11)14(20)18-17-13/h3-6,9-10,16H,7-8H2,1-2H3,(H,18,20). The molecule has 0 spiro atoms. The van der Waals surface area contributed by atoms with Gasteiger partial charge in [-0.3, -0.25) is 9.59 Å². The zero-order valence-electron chi connectivity index (χ0n) is 12.1. The number of amides is 1. The van der Waals surface area contributed by atoms with Crippen molar-refractivity contribution in [3.63, 3.8) is 0 Å². The Labute approximate surface area is 122 Å². The Morgan fingerprint density at radius 3 is 2.76 bits per heavy atom. The number of H-pyrrole nitrogens is 1. The van der Waals surface area contributed by atoms with Crippen LogP contribution in [0.3, 0.4) is 0 Å². The number of hydrogen-bond acceptors (Lipinski definition) is 4. The van der Waals surface area contributed by atoms with Crippen molar-refractivity contribution in [2.75, 3.05) is 13.1 Å². The van der Waals surface area contributed by atoms with E-state index in [1.165, 1.54) is 0 Å². The van der Waals surface area contributed by atoms with Crippen LogP contribution >= 0.6 is 0 Å². The molecule has 0 aliphatic carbocycles. The number of nitrogens with one attached hydrogen (secondary N) is 2. The van der Waals surface area contributed by atoms with E-state index in [4.69, 9.17) is 0 Å². The SMILES string of the molecule is CC1NCCN(C(=O)c2n[nH]c(=O)c3ccccc23)C1C. The smallest absolute Gasteiger partial charge is 0.275 e. The average Bonchev–Trinajstić information content (AvgIpc) is 2.50. The number of rotatable bonds is 1. The number of piperazine rings is 1. The molecule has 1 fully saturated rings. The van der Waals surface area contributed by atoms with Gasteiger partial charge in [-0.1, -0.05) is 18.2 Å². The van der Waals surface area contributed by atoms with Crippen molar-refractivity contribution in [1.29, 1.82) is 0 Å². The molecule has 1 aliphatic heterocycles. The van der Waals surface area contributed by atoms with Crippen LogP contribution in [-0.2, 0) is 0 Å². The molecule has 110 valence electrons. The van der Waals surface area contributed by atoms with E-state index < -0.39 is 0 Å². The van der Waals surface area contributed by atoms with Gasteiger partial charge in [-0.25, -0.2) is 5.10 Å². The number of benzene rings is 1. The predicted octanol–water partition coefficient (Wildman–Crippen LogP) is 0.745. The molecule has 3 rings (SSSR count). The van der Waals surface area contributed by atoms with E-state index in [1.54, 1.807) is 18.2 Å². The zero-order chi connectivity index (χ0) is 15.0. The molecule has 2 aromatic rings. The highest BCUT2D eigenvalue weighted by molar-refractivity contribution is 6.04. The first-order chi connectivity index (χ1) is 10.1. The Morgan fingerprint density at radius 2 is 2.00 bits per heavy atom. The Morgan fingerprint density at radius 1 is 1.29 bits per heavy atom. The summed E-state index contributed by atoms with van der Waals surface area (Å²) in [4.78, 5) is 26.4. The Bertz CT molecular complexity index is 740. The second-order valence-corrected chi connectivity index (χ2v) is 5.43. The van der Waals surface area contributed by atoms with Gasteiger partial charge in [0, 0.05) is 30.6 Å². The minimum Gasteiger partial charge on any atom is -0.332 e. The maximum absolute atomic E-state index is 12.8. The monoisotopic (exact) mass is 286 g/mol. The van der Waals surface area contributed by atoms with Crippen molar-refractivity contribution >= 4 is 16.7 Å². The van der Waals surface area contributed by atoms with Crippen LogP contribution < -0.4 is 10.9 Å². The van der Waals surface area contributed by atoms with Gasteiger partial charge in [0.1, 0.15) is 0 Å². The highest BCUT2D eigenvalue weighted by atomic mass is 16.2. The fourth-order valence-corrected chi connectivity index (χ4v) is 2.76. The summed E-state index contributed by atoms with van der Waals surface area (Å²) in [5, 5.41) is 10.8. The lowest BCUT2D eigenvalue weighted by Crippen LogP contribution is -2.57. The van der Waals surface area contributed by atoms with Crippen molar-refractivity contribution in [2.45, 2.75) is 25.9 Å². The summed E-state index contributed by atoms with van der Waals surface area (Å²) in [6.45, 7) is 5.48. The zero-order valence-corrected chi connectivity index (χ0v) is 12.1. The van der Waals surface area contributed by atoms with Crippen molar-refractivity contribution < 1.29 is 4.79 Å². The lowest BCUT2D eigenvalue weighted by atomic mass is 10.1. The maximum atomic E-state index is 12.8. The first-order valence-corrected chi connectivity index (χ1v) is 7.11. The minimum absolute atomic E-state index is 0.0822. The number of carbonyl (C=O) groups excluding carboxylic acids is 1. The lowest BCUT2D eigenvalue weighted by Gasteiger charge is -2.38. The quantitative estimate of drug-likeness (QED) is 0.811. The molecule has 2 unspecified atom stereocenters. The van der Waals surface area contributed by atoms with Crippen LogP contribution in [0.1, 0.15) is 24.3 Å². The number of fused-ring (bicyclic) bond motifs is 1. The second-order valence-electron chi connectivity index (χ2n) is 5.43. The third-order valence-electron chi connectivity index (χ3n) is 4.19. The van der Waals surface area contributed by atoms with Crippen molar-refractivity contribution in [3.05, 3.63) is 40.3 Å². The molecule has 1 amide bonds. The summed E-state index contributed by atoms with van der Waals surface area (Å²) in [6, 6.07) is 7.37. The predicted molar refractivity (Wildman–Crippen MR) is 80.3 cm³/mol. The Balaban J connectivity index is 2.06. The number of aromatic nitrogens is 2. The lowest BCUT2D eigenvalue weighted by molar-refractivity contribution is 0.0598. The molecule has 21 heavy (non-hydrogen) atoms. The van der Waals surface area contributed by atoms with Crippen molar-refractivity contribution in [2.24, 2.45) is 0 Å². The van der Waals surface area contributed by atoms with Crippen LogP contribution in [0.25, 0.3) is 10.8 Å². The van der Waals surface area contributed by atoms with Gasteiger partial charge in [-0.2, -0.15) is 5.10 Å². The summed E-state index contributed by atoms with van der Waals surface area (Å²) in [5.41, 5.74) is 0.0371. The highest BCUT2D eigenvalue weighted by Gasteiger charge is 2.30. The van der Waals surface area contributed by atoms with E-state index in [1.807, 2.05) is 17.9 Å². The van der Waals surface area contributed by atoms with Crippen LogP contribution in [0.5, 0.6) is 0 Å². The molecule has 6 heteroatoms. The summed E-state index contributed by atoms with van der Waals surface area (Å²) >= 11 is 0. The second kappa shape index (κ2) is 5.29. The summed E-state index contributed by atoms with van der Waals surface area (Å²) in [6.07, 6.45) is 0. The van der Waals surface area contributed by atoms with Gasteiger partial charge in [0.05, 0.1) is 5.39 Å². The van der Waals surface area contributed by atoms with Crippen molar-refractivity contribution in [3.8, 4) is 0 Å². The van der Waals surface area contributed by atoms with Gasteiger partial charge in [0.2, 0.25) is 0 Å². The van der Waals surface area contributed by atoms with E-state index in [9.17, 15) is 9.59 Å². The fraction of sp³-hybridized carbons (Fsp3) is 0.400.